The van der Waals surface area contributed by atoms with E-state index < -0.39 is 0 Å². The topological polar surface area (TPSA) is 39.2 Å². The molecule has 108 valence electrons. The molecule has 0 bridgehead atoms. The highest BCUT2D eigenvalue weighted by atomic mass is 35.5. The van der Waals surface area contributed by atoms with E-state index in [1.807, 2.05) is 6.07 Å². The largest absolute Gasteiger partial charge is 0.457 e. The van der Waals surface area contributed by atoms with Crippen LogP contribution in [0.1, 0.15) is 5.76 Å². The molecule has 1 heterocycles. The number of furan rings is 1. The molecule has 0 saturated carbocycles. The van der Waals surface area contributed by atoms with Crippen molar-refractivity contribution in [3.05, 3.63) is 56.2 Å². The number of rotatable bonds is 2. The fourth-order valence-electron chi connectivity index (χ4n) is 2.31. The van der Waals surface area contributed by atoms with Crippen LogP contribution in [0.25, 0.3) is 22.1 Å². The van der Waals surface area contributed by atoms with E-state index in [2.05, 4.69) is 0 Å². The third kappa shape index (κ3) is 2.63. The zero-order chi connectivity index (χ0) is 15.1. The molecule has 6 heteroatoms. The smallest absolute Gasteiger partial charge is 0.153 e. The van der Waals surface area contributed by atoms with E-state index in [1.165, 1.54) is 0 Å². The third-order valence-electron chi connectivity index (χ3n) is 3.17. The van der Waals surface area contributed by atoms with Gasteiger partial charge in [0.25, 0.3) is 0 Å². The molecule has 0 aliphatic rings. The van der Waals surface area contributed by atoms with Crippen LogP contribution in [0.15, 0.2) is 34.7 Å². The van der Waals surface area contributed by atoms with Gasteiger partial charge in [-0.2, -0.15) is 0 Å². The van der Waals surface area contributed by atoms with Crippen LogP contribution in [0.5, 0.6) is 0 Å². The first-order valence-corrected chi connectivity index (χ1v) is 7.58. The Kier molecular flexibility index (Phi) is 4.08. The summed E-state index contributed by atoms with van der Waals surface area (Å²) in [5, 5.41) is 2.79. The first kappa shape index (κ1) is 15.0. The summed E-state index contributed by atoms with van der Waals surface area (Å²) in [5.74, 6) is 0.596. The van der Waals surface area contributed by atoms with Gasteiger partial charge in [0.05, 0.1) is 16.6 Å². The molecule has 0 amide bonds. The van der Waals surface area contributed by atoms with Crippen molar-refractivity contribution in [3.63, 3.8) is 0 Å². The van der Waals surface area contributed by atoms with Gasteiger partial charge in [0.15, 0.2) is 5.58 Å². The lowest BCUT2D eigenvalue weighted by Crippen LogP contribution is -1.96. The van der Waals surface area contributed by atoms with E-state index in [1.54, 1.807) is 24.3 Å². The second-order valence-electron chi connectivity index (χ2n) is 4.49. The summed E-state index contributed by atoms with van der Waals surface area (Å²) in [4.78, 5) is 0. The zero-order valence-electron chi connectivity index (χ0n) is 10.6. The SMILES string of the molecule is NCc1oc2c(Cl)cc(Cl)cc2c1-c1ccc(Cl)cc1Cl. The van der Waals surface area contributed by atoms with Gasteiger partial charge < -0.3 is 10.2 Å². The van der Waals surface area contributed by atoms with Gasteiger partial charge in [-0.3, -0.25) is 0 Å². The molecule has 2 N–H and O–H groups in total. The molecule has 0 spiro atoms. The summed E-state index contributed by atoms with van der Waals surface area (Å²) in [6, 6.07) is 8.66. The normalized spacial score (nSPS) is 11.3. The molecule has 3 aromatic rings. The van der Waals surface area contributed by atoms with Crippen LogP contribution in [0.4, 0.5) is 0 Å². The van der Waals surface area contributed by atoms with Gasteiger partial charge in [-0.1, -0.05) is 52.5 Å². The van der Waals surface area contributed by atoms with Gasteiger partial charge >= 0.3 is 0 Å². The minimum absolute atomic E-state index is 0.219. The monoisotopic (exact) mass is 359 g/mol. The van der Waals surface area contributed by atoms with Gasteiger partial charge in [-0.05, 0) is 24.3 Å². The maximum absolute atomic E-state index is 6.30. The van der Waals surface area contributed by atoms with Crippen LogP contribution in [-0.4, -0.2) is 0 Å². The van der Waals surface area contributed by atoms with Crippen LogP contribution in [-0.2, 0) is 6.54 Å². The Morgan fingerprint density at radius 1 is 0.905 bits per heavy atom. The van der Waals surface area contributed by atoms with Crippen LogP contribution in [0.3, 0.4) is 0 Å². The molecular weight excluding hydrogens is 352 g/mol. The second kappa shape index (κ2) is 5.71. The van der Waals surface area contributed by atoms with Gasteiger partial charge in [0.1, 0.15) is 5.76 Å². The highest BCUT2D eigenvalue weighted by molar-refractivity contribution is 6.39. The Morgan fingerprint density at radius 2 is 1.62 bits per heavy atom. The molecule has 1 aromatic heterocycles. The van der Waals surface area contributed by atoms with E-state index in [9.17, 15) is 0 Å². The first-order chi connectivity index (χ1) is 10.0. The summed E-state index contributed by atoms with van der Waals surface area (Å²) in [7, 11) is 0. The van der Waals surface area contributed by atoms with Gasteiger partial charge in [-0.25, -0.2) is 0 Å². The van der Waals surface area contributed by atoms with Crippen LogP contribution in [0, 0.1) is 0 Å². The molecular formula is C15H9Cl4NO. The standard InChI is InChI=1S/C15H9Cl4NO/c16-7-1-2-9(11(18)4-7)14-10-3-8(17)5-12(19)15(10)21-13(14)6-20/h1-5H,6,20H2. The van der Waals surface area contributed by atoms with Crippen LogP contribution in [0.2, 0.25) is 20.1 Å². The Balaban J connectivity index is 2.40. The molecule has 0 unspecified atom stereocenters. The number of benzene rings is 2. The molecule has 0 radical (unpaired) electrons. The third-order valence-corrected chi connectivity index (χ3v) is 4.21. The molecule has 0 atom stereocenters. The number of halogens is 4. The summed E-state index contributed by atoms with van der Waals surface area (Å²) in [5.41, 5.74) is 7.89. The lowest BCUT2D eigenvalue weighted by atomic mass is 10.0. The predicted molar refractivity (Wildman–Crippen MR) is 89.6 cm³/mol. The minimum atomic E-state index is 0.219. The molecule has 0 aliphatic carbocycles. The Morgan fingerprint density at radius 3 is 2.29 bits per heavy atom. The van der Waals surface area contributed by atoms with Crippen LogP contribution < -0.4 is 5.73 Å². The number of fused-ring (bicyclic) bond motifs is 1. The maximum atomic E-state index is 6.30. The van der Waals surface area contributed by atoms with Crippen molar-refractivity contribution in [2.24, 2.45) is 5.73 Å². The molecule has 21 heavy (non-hydrogen) atoms. The quantitative estimate of drug-likeness (QED) is 0.593. The molecule has 0 fully saturated rings. The van der Waals surface area contributed by atoms with Crippen molar-refractivity contribution in [2.45, 2.75) is 6.54 Å². The van der Waals surface area contributed by atoms with E-state index >= 15 is 0 Å². The summed E-state index contributed by atoms with van der Waals surface area (Å²) in [6.45, 7) is 0.219. The highest BCUT2D eigenvalue weighted by Crippen LogP contribution is 2.42. The van der Waals surface area contributed by atoms with Crippen LogP contribution >= 0.6 is 46.4 Å². The summed E-state index contributed by atoms with van der Waals surface area (Å²) >= 11 is 24.5. The van der Waals surface area contributed by atoms with Crippen molar-refractivity contribution in [1.29, 1.82) is 0 Å². The van der Waals surface area contributed by atoms with Crippen molar-refractivity contribution in [3.8, 4) is 11.1 Å². The number of hydrogen-bond donors (Lipinski definition) is 1. The second-order valence-corrected chi connectivity index (χ2v) is 6.18. The zero-order valence-corrected chi connectivity index (χ0v) is 13.6. The van der Waals surface area contributed by atoms with Gasteiger partial charge in [0, 0.05) is 26.6 Å². The van der Waals surface area contributed by atoms with Crippen molar-refractivity contribution < 1.29 is 4.42 Å². The Labute approximate surface area is 141 Å². The Bertz CT molecular complexity index is 841. The summed E-state index contributed by atoms with van der Waals surface area (Å²) < 4.78 is 5.77. The average molecular weight is 361 g/mol. The van der Waals surface area contributed by atoms with Crippen molar-refractivity contribution in [1.82, 2.24) is 0 Å². The molecule has 3 rings (SSSR count). The van der Waals surface area contributed by atoms with E-state index in [-0.39, 0.29) is 6.54 Å². The van der Waals surface area contributed by atoms with Gasteiger partial charge in [0.2, 0.25) is 0 Å². The van der Waals surface area contributed by atoms with E-state index in [0.717, 1.165) is 16.5 Å². The maximum Gasteiger partial charge on any atom is 0.153 e. The van der Waals surface area contributed by atoms with Crippen molar-refractivity contribution in [2.75, 3.05) is 0 Å². The minimum Gasteiger partial charge on any atom is -0.457 e. The predicted octanol–water partition coefficient (Wildman–Crippen LogP) is 6.17. The highest BCUT2D eigenvalue weighted by Gasteiger charge is 2.19. The van der Waals surface area contributed by atoms with Crippen molar-refractivity contribution >= 4 is 57.4 Å². The number of hydrogen-bond acceptors (Lipinski definition) is 2. The molecule has 2 nitrogen and oxygen atoms in total. The lowest BCUT2D eigenvalue weighted by molar-refractivity contribution is 0.554. The first-order valence-electron chi connectivity index (χ1n) is 6.07. The summed E-state index contributed by atoms with van der Waals surface area (Å²) in [6.07, 6.45) is 0. The molecule has 0 saturated heterocycles. The fraction of sp³-hybridized carbons (Fsp3) is 0.0667. The average Bonchev–Trinajstić information content (AvgIpc) is 2.77. The van der Waals surface area contributed by atoms with Gasteiger partial charge in [-0.15, -0.1) is 0 Å². The molecule has 0 aliphatic heterocycles. The lowest BCUT2D eigenvalue weighted by Gasteiger charge is -2.05. The molecule has 2 aromatic carbocycles. The van der Waals surface area contributed by atoms with E-state index in [0.29, 0.717) is 31.4 Å². The fourth-order valence-corrected chi connectivity index (χ4v) is 3.34. The Hall–Kier alpha value is -0.900. The number of nitrogens with two attached hydrogens (primary N) is 1. The van der Waals surface area contributed by atoms with E-state index in [4.69, 9.17) is 56.6 Å².